The Kier molecular flexibility index (Phi) is 2.25. The number of aryl methyl sites for hydroxylation is 1. The van der Waals surface area contributed by atoms with Gasteiger partial charge in [0.2, 0.25) is 0 Å². The maximum atomic E-state index is 6.22. The molecule has 2 heterocycles. The third-order valence-electron chi connectivity index (χ3n) is 3.49. The van der Waals surface area contributed by atoms with Crippen molar-refractivity contribution in [3.63, 3.8) is 0 Å². The molecule has 0 saturated heterocycles. The molecule has 0 aromatic carbocycles. The van der Waals surface area contributed by atoms with E-state index in [2.05, 4.69) is 27.1 Å². The van der Waals surface area contributed by atoms with Gasteiger partial charge in [-0.1, -0.05) is 0 Å². The molecule has 6 heteroatoms. The zero-order chi connectivity index (χ0) is 11.9. The molecule has 3 rings (SSSR count). The summed E-state index contributed by atoms with van der Waals surface area (Å²) < 4.78 is 1.97. The number of rotatable bonds is 3. The van der Waals surface area contributed by atoms with Gasteiger partial charge in [-0.15, -0.1) is 10.2 Å². The van der Waals surface area contributed by atoms with Crippen molar-refractivity contribution in [1.29, 1.82) is 0 Å². The fourth-order valence-electron chi connectivity index (χ4n) is 2.18. The summed E-state index contributed by atoms with van der Waals surface area (Å²) in [6.07, 6.45) is 6.69. The first-order chi connectivity index (χ1) is 8.23. The van der Waals surface area contributed by atoms with Crippen LogP contribution in [0.2, 0.25) is 0 Å². The van der Waals surface area contributed by atoms with Crippen LogP contribution in [0, 0.1) is 0 Å². The van der Waals surface area contributed by atoms with E-state index >= 15 is 0 Å². The predicted molar refractivity (Wildman–Crippen MR) is 63.0 cm³/mol. The van der Waals surface area contributed by atoms with Crippen molar-refractivity contribution >= 4 is 0 Å². The second kappa shape index (κ2) is 3.66. The molecule has 0 unspecified atom stereocenters. The number of aromatic amines is 1. The monoisotopic (exact) mass is 232 g/mol. The highest BCUT2D eigenvalue weighted by molar-refractivity contribution is 5.48. The molecule has 1 fully saturated rings. The Balaban J connectivity index is 1.95. The summed E-state index contributed by atoms with van der Waals surface area (Å²) in [4.78, 5) is 7.65. The van der Waals surface area contributed by atoms with Crippen molar-refractivity contribution < 1.29 is 0 Å². The maximum Gasteiger partial charge on any atom is 0.181 e. The molecule has 1 aliphatic carbocycles. The first kappa shape index (κ1) is 10.5. The molecule has 17 heavy (non-hydrogen) atoms. The molecule has 2 aromatic heterocycles. The predicted octanol–water partition coefficient (Wildman–Crippen LogP) is 1.03. The molecular weight excluding hydrogens is 216 g/mol. The van der Waals surface area contributed by atoms with Crippen molar-refractivity contribution in [1.82, 2.24) is 24.7 Å². The minimum Gasteiger partial charge on any atom is -0.338 e. The lowest BCUT2D eigenvalue weighted by Gasteiger charge is -2.35. The molecule has 0 aliphatic heterocycles. The fourth-order valence-corrected chi connectivity index (χ4v) is 2.18. The van der Waals surface area contributed by atoms with Gasteiger partial charge in [-0.25, -0.2) is 4.98 Å². The summed E-state index contributed by atoms with van der Waals surface area (Å²) in [6, 6.07) is 0. The van der Waals surface area contributed by atoms with E-state index in [1.54, 1.807) is 12.5 Å². The maximum absolute atomic E-state index is 6.22. The SMILES string of the molecule is CCn1cnnc1-c1cnc(C2(N)CCC2)[nH]1. The minimum absolute atomic E-state index is 0.255. The van der Waals surface area contributed by atoms with Crippen LogP contribution in [0.1, 0.15) is 32.0 Å². The highest BCUT2D eigenvalue weighted by Crippen LogP contribution is 2.37. The average Bonchev–Trinajstić information content (AvgIpc) is 2.93. The molecule has 0 atom stereocenters. The Morgan fingerprint density at radius 1 is 1.53 bits per heavy atom. The molecular formula is C11H16N6. The highest BCUT2D eigenvalue weighted by atomic mass is 15.3. The van der Waals surface area contributed by atoms with Gasteiger partial charge >= 0.3 is 0 Å². The summed E-state index contributed by atoms with van der Waals surface area (Å²) in [6.45, 7) is 2.89. The summed E-state index contributed by atoms with van der Waals surface area (Å²) in [5.41, 5.74) is 6.86. The third-order valence-corrected chi connectivity index (χ3v) is 3.49. The van der Waals surface area contributed by atoms with E-state index in [1.807, 2.05) is 4.57 Å². The highest BCUT2D eigenvalue weighted by Gasteiger charge is 2.37. The number of imidazole rings is 1. The largest absolute Gasteiger partial charge is 0.338 e. The van der Waals surface area contributed by atoms with Gasteiger partial charge in [-0.05, 0) is 26.2 Å². The van der Waals surface area contributed by atoms with Gasteiger partial charge in [-0.2, -0.15) is 0 Å². The van der Waals surface area contributed by atoms with Crippen LogP contribution < -0.4 is 5.73 Å². The summed E-state index contributed by atoms with van der Waals surface area (Å²) in [5, 5.41) is 8.01. The van der Waals surface area contributed by atoms with Gasteiger partial charge in [0.1, 0.15) is 17.8 Å². The van der Waals surface area contributed by atoms with Gasteiger partial charge in [0.15, 0.2) is 5.82 Å². The normalized spacial score (nSPS) is 18.0. The van der Waals surface area contributed by atoms with Crippen LogP contribution in [-0.2, 0) is 12.1 Å². The number of hydrogen-bond donors (Lipinski definition) is 2. The molecule has 0 bridgehead atoms. The molecule has 2 aromatic rings. The van der Waals surface area contributed by atoms with Crippen LogP contribution in [0.15, 0.2) is 12.5 Å². The molecule has 1 saturated carbocycles. The van der Waals surface area contributed by atoms with Crippen LogP contribution in [-0.4, -0.2) is 24.7 Å². The number of nitrogens with two attached hydrogens (primary N) is 1. The number of nitrogens with zero attached hydrogens (tertiary/aromatic N) is 4. The molecule has 3 N–H and O–H groups in total. The van der Waals surface area contributed by atoms with Crippen molar-refractivity contribution in [2.45, 2.75) is 38.3 Å². The summed E-state index contributed by atoms with van der Waals surface area (Å²) in [5.74, 6) is 1.68. The summed E-state index contributed by atoms with van der Waals surface area (Å²) in [7, 11) is 0. The first-order valence-electron chi connectivity index (χ1n) is 5.95. The molecule has 6 nitrogen and oxygen atoms in total. The molecule has 0 spiro atoms. The topological polar surface area (TPSA) is 85.4 Å². The smallest absolute Gasteiger partial charge is 0.181 e. The first-order valence-corrected chi connectivity index (χ1v) is 5.95. The lowest BCUT2D eigenvalue weighted by molar-refractivity contribution is 0.240. The zero-order valence-electron chi connectivity index (χ0n) is 9.85. The average molecular weight is 232 g/mol. The lowest BCUT2D eigenvalue weighted by Crippen LogP contribution is -2.44. The van der Waals surface area contributed by atoms with Crippen LogP contribution in [0.4, 0.5) is 0 Å². The minimum atomic E-state index is -0.255. The quantitative estimate of drug-likeness (QED) is 0.827. The van der Waals surface area contributed by atoms with Gasteiger partial charge in [0, 0.05) is 6.54 Å². The van der Waals surface area contributed by atoms with Gasteiger partial charge < -0.3 is 15.3 Å². The van der Waals surface area contributed by atoms with E-state index in [0.717, 1.165) is 36.7 Å². The van der Waals surface area contributed by atoms with Crippen LogP contribution in [0.5, 0.6) is 0 Å². The van der Waals surface area contributed by atoms with Gasteiger partial charge in [-0.3, -0.25) is 0 Å². The number of hydrogen-bond acceptors (Lipinski definition) is 4. The van der Waals surface area contributed by atoms with Gasteiger partial charge in [0.05, 0.1) is 11.7 Å². The number of nitrogens with one attached hydrogen (secondary N) is 1. The molecule has 0 radical (unpaired) electrons. The number of aromatic nitrogens is 5. The zero-order valence-corrected chi connectivity index (χ0v) is 9.85. The number of H-pyrrole nitrogens is 1. The Hall–Kier alpha value is -1.69. The van der Waals surface area contributed by atoms with Crippen molar-refractivity contribution in [3.8, 4) is 11.5 Å². The Morgan fingerprint density at radius 3 is 3.00 bits per heavy atom. The molecule has 1 aliphatic rings. The second-order valence-electron chi connectivity index (χ2n) is 4.60. The van der Waals surface area contributed by atoms with Crippen molar-refractivity contribution in [2.24, 2.45) is 5.73 Å². The van der Waals surface area contributed by atoms with E-state index < -0.39 is 0 Å². The second-order valence-corrected chi connectivity index (χ2v) is 4.60. The molecule has 90 valence electrons. The van der Waals surface area contributed by atoms with Crippen molar-refractivity contribution in [3.05, 3.63) is 18.3 Å². The van der Waals surface area contributed by atoms with E-state index in [-0.39, 0.29) is 5.54 Å². The Bertz CT molecular complexity index is 522. The van der Waals surface area contributed by atoms with Gasteiger partial charge in [0.25, 0.3) is 0 Å². The van der Waals surface area contributed by atoms with Crippen LogP contribution >= 0.6 is 0 Å². The Morgan fingerprint density at radius 2 is 2.35 bits per heavy atom. The van der Waals surface area contributed by atoms with E-state index in [4.69, 9.17) is 5.73 Å². The molecule has 0 amide bonds. The van der Waals surface area contributed by atoms with Crippen molar-refractivity contribution in [2.75, 3.05) is 0 Å². The fraction of sp³-hybridized carbons (Fsp3) is 0.545. The van der Waals surface area contributed by atoms with Crippen LogP contribution in [0.3, 0.4) is 0 Å². The summed E-state index contributed by atoms with van der Waals surface area (Å²) >= 11 is 0. The van der Waals surface area contributed by atoms with E-state index in [9.17, 15) is 0 Å². The Labute approximate surface area is 99.3 Å². The third kappa shape index (κ3) is 1.56. The van der Waals surface area contributed by atoms with Crippen LogP contribution in [0.25, 0.3) is 11.5 Å². The lowest BCUT2D eigenvalue weighted by atomic mass is 9.77. The van der Waals surface area contributed by atoms with E-state index in [0.29, 0.717) is 0 Å². The standard InChI is InChI=1S/C11H16N6/c1-2-17-7-14-16-9(17)8-6-13-10(15-8)11(12)4-3-5-11/h6-7H,2-5,12H2,1H3,(H,13,15). The van der Waals surface area contributed by atoms with E-state index in [1.165, 1.54) is 6.42 Å².